The Labute approximate surface area is 168 Å². The van der Waals surface area contributed by atoms with Crippen molar-refractivity contribution in [1.29, 1.82) is 0 Å². The zero-order valence-corrected chi connectivity index (χ0v) is 18.9. The van der Waals surface area contributed by atoms with Crippen LogP contribution in [0.1, 0.15) is 98.2 Å². The molecule has 0 saturated heterocycles. The van der Waals surface area contributed by atoms with E-state index in [0.29, 0.717) is 5.75 Å². The molecule has 0 heterocycles. The van der Waals surface area contributed by atoms with E-state index in [0.717, 1.165) is 12.8 Å². The molecule has 1 atom stereocenters. The molecule has 0 saturated carbocycles. The van der Waals surface area contributed by atoms with Gasteiger partial charge in [0.1, 0.15) is 8.77 Å². The van der Waals surface area contributed by atoms with Gasteiger partial charge in [0.05, 0.1) is 12.9 Å². The third-order valence-corrected chi connectivity index (χ3v) is 6.21. The van der Waals surface area contributed by atoms with Gasteiger partial charge in [-0.25, -0.2) is 4.21 Å². The molecule has 0 spiro atoms. The molecule has 0 bridgehead atoms. The third kappa shape index (κ3) is 19.4. The van der Waals surface area contributed by atoms with Gasteiger partial charge in [0, 0.05) is 11.2 Å². The Morgan fingerprint density at radius 3 is 1.41 bits per heavy atom. The van der Waals surface area contributed by atoms with Crippen LogP contribution in [0.3, 0.4) is 0 Å². The van der Waals surface area contributed by atoms with E-state index < -0.39 is 8.77 Å². The van der Waals surface area contributed by atoms with Crippen LogP contribution in [0.2, 0.25) is 0 Å². The van der Waals surface area contributed by atoms with E-state index in [1.807, 2.05) is 0 Å². The quantitative estimate of drug-likeness (QED) is 0.313. The van der Waals surface area contributed by atoms with Crippen molar-refractivity contribution >= 4 is 20.0 Å². The fourth-order valence-electron chi connectivity index (χ4n) is 2.56. The molecule has 0 N–H and O–H groups in total. The van der Waals surface area contributed by atoms with E-state index in [1.165, 1.54) is 84.2 Å². The number of hydrogen-bond donors (Lipinski definition) is 0. The van der Waals surface area contributed by atoms with Gasteiger partial charge in [-0.3, -0.25) is 4.18 Å². The first kappa shape index (κ1) is 25.6. The van der Waals surface area contributed by atoms with E-state index in [-0.39, 0.29) is 31.0 Å². The molecule has 0 aromatic carbocycles. The van der Waals surface area contributed by atoms with E-state index in [9.17, 15) is 4.21 Å². The van der Waals surface area contributed by atoms with Crippen molar-refractivity contribution in [3.8, 4) is 0 Å². The molecule has 5 heteroatoms. The van der Waals surface area contributed by atoms with Gasteiger partial charge in [-0.1, -0.05) is 90.4 Å². The van der Waals surface area contributed by atoms with Crippen molar-refractivity contribution in [2.75, 3.05) is 12.9 Å². The van der Waals surface area contributed by atoms with Crippen LogP contribution in [0.25, 0.3) is 0 Å². The largest absolute Gasteiger partial charge is 1.00 e. The van der Waals surface area contributed by atoms with Gasteiger partial charge in [0.15, 0.2) is 0 Å². The molecule has 1 unspecified atom stereocenters. The van der Waals surface area contributed by atoms with Crippen LogP contribution in [0.15, 0.2) is 0 Å². The van der Waals surface area contributed by atoms with Gasteiger partial charge in [-0.2, -0.15) is 0 Å². The molecule has 2 nitrogen and oxygen atoms in total. The summed E-state index contributed by atoms with van der Waals surface area (Å²) in [4.78, 5) is 0. The van der Waals surface area contributed by atoms with E-state index in [2.05, 4.69) is 6.92 Å². The fourth-order valence-corrected chi connectivity index (χ4v) is 3.63. The molecule has 0 fully saturated rings. The molecule has 0 aromatic heterocycles. The summed E-state index contributed by atoms with van der Waals surface area (Å²) in [7, 11) is -0.959. The summed E-state index contributed by atoms with van der Waals surface area (Å²) in [5, 5.41) is 0. The SMILES string of the molecule is CCCCCCCCCCCCCCCCS(=O)(=S)OC.[H-].[Na+]. The van der Waals surface area contributed by atoms with Crippen LogP contribution in [-0.2, 0) is 24.1 Å². The molecule has 0 amide bonds. The van der Waals surface area contributed by atoms with Crippen molar-refractivity contribution in [3.63, 3.8) is 0 Å². The summed E-state index contributed by atoms with van der Waals surface area (Å²) >= 11 is 4.84. The van der Waals surface area contributed by atoms with Gasteiger partial charge >= 0.3 is 29.6 Å². The smallest absolute Gasteiger partial charge is 1.00 e. The number of rotatable bonds is 16. The standard InChI is InChI=1S/C17H36O2S2.Na.H/c1-3-4-5-6-7-8-9-10-11-12-13-14-15-16-17-21(18,20)19-2;;/h3-17H2,1-2H3;;/q;+1;-1. The van der Waals surface area contributed by atoms with Crippen molar-refractivity contribution in [1.82, 2.24) is 0 Å². The Morgan fingerprint density at radius 1 is 0.773 bits per heavy atom. The van der Waals surface area contributed by atoms with Crippen LogP contribution < -0.4 is 29.6 Å². The fraction of sp³-hybridized carbons (Fsp3) is 1.00. The average Bonchev–Trinajstić information content (AvgIpc) is 2.47. The molecule has 0 radical (unpaired) electrons. The van der Waals surface area contributed by atoms with Crippen molar-refractivity contribution in [2.45, 2.75) is 96.8 Å². The van der Waals surface area contributed by atoms with Crippen LogP contribution in [0, 0.1) is 0 Å². The second-order valence-corrected chi connectivity index (χ2v) is 9.41. The zero-order valence-electron chi connectivity index (χ0n) is 16.2. The predicted octanol–water partition coefficient (Wildman–Crippen LogP) is 2.89. The van der Waals surface area contributed by atoms with Gasteiger partial charge in [0.2, 0.25) is 0 Å². The van der Waals surface area contributed by atoms with Crippen molar-refractivity contribution in [2.24, 2.45) is 0 Å². The topological polar surface area (TPSA) is 26.3 Å². The minimum Gasteiger partial charge on any atom is -1.00 e. The molecule has 130 valence electrons. The zero-order chi connectivity index (χ0) is 15.8. The molecule has 0 aliphatic rings. The summed E-state index contributed by atoms with van der Waals surface area (Å²) in [6, 6.07) is 0. The second kappa shape index (κ2) is 18.7. The van der Waals surface area contributed by atoms with Crippen LogP contribution >= 0.6 is 0 Å². The van der Waals surface area contributed by atoms with Crippen molar-refractivity contribution < 1.29 is 39.4 Å². The number of unbranched alkanes of at least 4 members (excludes halogenated alkanes) is 13. The minimum absolute atomic E-state index is 0. The summed E-state index contributed by atoms with van der Waals surface area (Å²) < 4.78 is 16.3. The molecule has 0 aliphatic carbocycles. The summed E-state index contributed by atoms with van der Waals surface area (Å²) in [6.45, 7) is 2.27. The normalized spacial score (nSPS) is 13.5. The van der Waals surface area contributed by atoms with Crippen LogP contribution in [0.4, 0.5) is 0 Å². The van der Waals surface area contributed by atoms with Gasteiger partial charge in [0.25, 0.3) is 0 Å². The predicted molar refractivity (Wildman–Crippen MR) is 98.8 cm³/mol. The van der Waals surface area contributed by atoms with E-state index in [4.69, 9.17) is 15.4 Å². The molecular weight excluding hydrogens is 323 g/mol. The van der Waals surface area contributed by atoms with Gasteiger partial charge < -0.3 is 1.43 Å². The molecule has 0 aliphatic heterocycles. The van der Waals surface area contributed by atoms with Crippen molar-refractivity contribution in [3.05, 3.63) is 0 Å². The van der Waals surface area contributed by atoms with Crippen LogP contribution in [0.5, 0.6) is 0 Å². The minimum atomic E-state index is -2.40. The molecular formula is C17H37NaO2S2. The molecule has 22 heavy (non-hydrogen) atoms. The van der Waals surface area contributed by atoms with Gasteiger partial charge in [-0.15, -0.1) is 0 Å². The maximum atomic E-state index is 11.5. The maximum absolute atomic E-state index is 11.5. The maximum Gasteiger partial charge on any atom is 1.00 e. The Morgan fingerprint density at radius 2 is 1.09 bits per heavy atom. The first-order valence-corrected chi connectivity index (χ1v) is 11.5. The first-order chi connectivity index (χ1) is 10.1. The Bertz CT molecular complexity index is 312. The third-order valence-electron chi connectivity index (χ3n) is 4.00. The van der Waals surface area contributed by atoms with Gasteiger partial charge in [-0.05, 0) is 6.42 Å². The summed E-state index contributed by atoms with van der Waals surface area (Å²) in [6.07, 6.45) is 18.6. The molecule has 0 aromatic rings. The van der Waals surface area contributed by atoms with E-state index >= 15 is 0 Å². The monoisotopic (exact) mass is 360 g/mol. The Kier molecular flexibility index (Phi) is 21.7. The second-order valence-electron chi connectivity index (χ2n) is 6.02. The summed E-state index contributed by atoms with van der Waals surface area (Å²) in [5.74, 6) is 0.539. The van der Waals surface area contributed by atoms with E-state index in [1.54, 1.807) is 0 Å². The molecule has 0 rings (SSSR count). The first-order valence-electron chi connectivity index (χ1n) is 8.90. The number of hydrogen-bond acceptors (Lipinski definition) is 3. The van der Waals surface area contributed by atoms with Crippen LogP contribution in [-0.4, -0.2) is 17.1 Å². The summed E-state index contributed by atoms with van der Waals surface area (Å²) in [5.41, 5.74) is 0. The average molecular weight is 361 g/mol. The Hall–Kier alpha value is 1.33. The Balaban J connectivity index is -0.00000200.